The summed E-state index contributed by atoms with van der Waals surface area (Å²) in [5.74, 6) is 1.10. The molecule has 172 valence electrons. The Morgan fingerprint density at radius 2 is 2.03 bits per heavy atom. The van der Waals surface area contributed by atoms with Crippen molar-refractivity contribution in [2.75, 3.05) is 26.0 Å². The summed E-state index contributed by atoms with van der Waals surface area (Å²) in [5.41, 5.74) is 10.4. The van der Waals surface area contributed by atoms with Gasteiger partial charge in [-0.15, -0.1) is 0 Å². The number of nitrogens with two attached hydrogens (primary N) is 1. The second kappa shape index (κ2) is 12.4. The minimum Gasteiger partial charge on any atom is -0.492 e. The van der Waals surface area contributed by atoms with Crippen LogP contribution < -0.4 is 15.8 Å². The Balaban J connectivity index is 0.000000423. The maximum atomic E-state index is 9.79. The predicted molar refractivity (Wildman–Crippen MR) is 127 cm³/mol. The standard InChI is InChI=1S/C20H25ClN2O.C3H8O3S/c1-23-9-10-24-17-7-5-15-6-8-20(22)19(18(15)13-17)12-14-3-2-4-16(21)11-14;1-2-3-7(4,5)6/h2-5,7,11,13,19-20,23H,6,8-10,12,22H2,1H3;2-3H2,1H3,(H,4,5,6). The molecule has 2 aromatic carbocycles. The fraction of sp³-hybridized carbons (Fsp3) is 0.478. The van der Waals surface area contributed by atoms with E-state index in [-0.39, 0.29) is 11.8 Å². The molecule has 8 heteroatoms. The van der Waals surface area contributed by atoms with E-state index in [9.17, 15) is 8.42 Å². The molecule has 0 aliphatic heterocycles. The number of rotatable bonds is 8. The number of benzene rings is 2. The van der Waals surface area contributed by atoms with E-state index in [0.717, 1.165) is 36.6 Å². The van der Waals surface area contributed by atoms with Crippen molar-refractivity contribution in [3.8, 4) is 5.75 Å². The molecule has 2 atom stereocenters. The van der Waals surface area contributed by atoms with E-state index in [0.29, 0.717) is 18.9 Å². The first-order valence-electron chi connectivity index (χ1n) is 10.6. The molecule has 0 saturated heterocycles. The van der Waals surface area contributed by atoms with Crippen molar-refractivity contribution in [3.05, 3.63) is 64.2 Å². The average molecular weight is 469 g/mol. The summed E-state index contributed by atoms with van der Waals surface area (Å²) in [4.78, 5) is 0. The molecule has 2 aromatic rings. The predicted octanol–water partition coefficient (Wildman–Crippen LogP) is 3.82. The monoisotopic (exact) mass is 468 g/mol. The Morgan fingerprint density at radius 3 is 2.65 bits per heavy atom. The topological polar surface area (TPSA) is 102 Å². The molecule has 0 radical (unpaired) electrons. The van der Waals surface area contributed by atoms with Crippen LogP contribution in [0.15, 0.2) is 42.5 Å². The number of fused-ring (bicyclic) bond motifs is 1. The van der Waals surface area contributed by atoms with Crippen LogP contribution in [0.4, 0.5) is 0 Å². The van der Waals surface area contributed by atoms with Crippen LogP contribution in [-0.4, -0.2) is 45.0 Å². The van der Waals surface area contributed by atoms with Crippen LogP contribution in [0.5, 0.6) is 5.75 Å². The second-order valence-corrected chi connectivity index (χ2v) is 9.75. The van der Waals surface area contributed by atoms with Gasteiger partial charge in [-0.25, -0.2) is 0 Å². The third-order valence-corrected chi connectivity index (χ3v) is 6.37. The lowest BCUT2D eigenvalue weighted by Crippen LogP contribution is -2.34. The summed E-state index contributed by atoms with van der Waals surface area (Å²) >= 11 is 6.14. The van der Waals surface area contributed by atoms with Gasteiger partial charge in [0.05, 0.1) is 5.75 Å². The first-order chi connectivity index (χ1) is 14.7. The SMILES string of the molecule is CCCS(=O)(=O)O.CNCCOc1ccc2c(c1)C(Cc1cccc(Cl)c1)C(N)CC2. The molecule has 4 N–H and O–H groups in total. The lowest BCUT2D eigenvalue weighted by atomic mass is 9.76. The Bertz CT molecular complexity index is 937. The third-order valence-electron chi connectivity index (χ3n) is 5.21. The van der Waals surface area contributed by atoms with Gasteiger partial charge in [0.25, 0.3) is 10.1 Å². The number of hydrogen-bond donors (Lipinski definition) is 3. The van der Waals surface area contributed by atoms with Crippen LogP contribution in [-0.2, 0) is 23.0 Å². The number of halogens is 1. The molecule has 0 saturated carbocycles. The molecule has 31 heavy (non-hydrogen) atoms. The molecule has 6 nitrogen and oxygen atoms in total. The summed E-state index contributed by atoms with van der Waals surface area (Å²) in [5, 5.41) is 3.88. The van der Waals surface area contributed by atoms with Gasteiger partial charge in [0.1, 0.15) is 12.4 Å². The molecule has 0 amide bonds. The maximum absolute atomic E-state index is 9.79. The first kappa shape index (κ1) is 25.6. The van der Waals surface area contributed by atoms with E-state index < -0.39 is 10.1 Å². The maximum Gasteiger partial charge on any atom is 0.264 e. The average Bonchev–Trinajstić information content (AvgIpc) is 2.70. The number of nitrogens with one attached hydrogen (secondary N) is 1. The van der Waals surface area contributed by atoms with Gasteiger partial charge in [-0.3, -0.25) is 4.55 Å². The van der Waals surface area contributed by atoms with Crippen LogP contribution in [0, 0.1) is 0 Å². The second-order valence-electron chi connectivity index (χ2n) is 7.74. The molecule has 0 bridgehead atoms. The summed E-state index contributed by atoms with van der Waals surface area (Å²) in [7, 11) is -1.75. The number of aryl methyl sites for hydroxylation is 1. The summed E-state index contributed by atoms with van der Waals surface area (Å²) in [6.07, 6.45) is 3.45. The van der Waals surface area contributed by atoms with E-state index in [1.165, 1.54) is 16.7 Å². The summed E-state index contributed by atoms with van der Waals surface area (Å²) in [6, 6.07) is 14.7. The Kier molecular flexibility index (Phi) is 10.3. The highest BCUT2D eigenvalue weighted by atomic mass is 35.5. The molecule has 0 aromatic heterocycles. The van der Waals surface area contributed by atoms with Crippen molar-refractivity contribution in [1.82, 2.24) is 5.32 Å². The lowest BCUT2D eigenvalue weighted by molar-refractivity contribution is 0.317. The van der Waals surface area contributed by atoms with Gasteiger partial charge in [0.15, 0.2) is 0 Å². The zero-order valence-corrected chi connectivity index (χ0v) is 19.8. The lowest BCUT2D eigenvalue weighted by Gasteiger charge is -2.32. The minimum absolute atomic E-state index is 0.132. The zero-order chi connectivity index (χ0) is 22.9. The van der Waals surface area contributed by atoms with Crippen molar-refractivity contribution in [1.29, 1.82) is 0 Å². The smallest absolute Gasteiger partial charge is 0.264 e. The van der Waals surface area contributed by atoms with E-state index in [1.807, 2.05) is 25.2 Å². The summed E-state index contributed by atoms with van der Waals surface area (Å²) in [6.45, 7) is 3.19. The van der Waals surface area contributed by atoms with E-state index >= 15 is 0 Å². The fourth-order valence-corrected chi connectivity index (χ4v) is 4.43. The Hall–Kier alpha value is -1.64. The van der Waals surface area contributed by atoms with Crippen LogP contribution >= 0.6 is 11.6 Å². The van der Waals surface area contributed by atoms with E-state index in [4.69, 9.17) is 26.6 Å². The third kappa shape index (κ3) is 8.79. The highest BCUT2D eigenvalue weighted by Gasteiger charge is 2.27. The molecular weight excluding hydrogens is 436 g/mol. The largest absolute Gasteiger partial charge is 0.492 e. The quantitative estimate of drug-likeness (QED) is 0.402. The zero-order valence-electron chi connectivity index (χ0n) is 18.2. The van der Waals surface area contributed by atoms with Gasteiger partial charge in [-0.2, -0.15) is 8.42 Å². The molecule has 1 aliphatic carbocycles. The van der Waals surface area contributed by atoms with Crippen LogP contribution in [0.1, 0.15) is 42.4 Å². The molecule has 1 aliphatic rings. The minimum atomic E-state index is -3.67. The fourth-order valence-electron chi connectivity index (χ4n) is 3.70. The van der Waals surface area contributed by atoms with Crippen LogP contribution in [0.2, 0.25) is 5.02 Å². The Labute approximate surface area is 190 Å². The van der Waals surface area contributed by atoms with Crippen LogP contribution in [0.25, 0.3) is 0 Å². The van der Waals surface area contributed by atoms with Crippen LogP contribution in [0.3, 0.4) is 0 Å². The molecule has 0 fully saturated rings. The molecule has 0 heterocycles. The van der Waals surface area contributed by atoms with Crippen molar-refractivity contribution in [2.24, 2.45) is 5.73 Å². The molecular formula is C23H33ClN2O4S. The van der Waals surface area contributed by atoms with Gasteiger partial charge < -0.3 is 15.8 Å². The highest BCUT2D eigenvalue weighted by Crippen LogP contribution is 2.36. The highest BCUT2D eigenvalue weighted by molar-refractivity contribution is 7.85. The number of hydrogen-bond acceptors (Lipinski definition) is 5. The van der Waals surface area contributed by atoms with Gasteiger partial charge in [-0.1, -0.05) is 36.7 Å². The van der Waals surface area contributed by atoms with Crippen molar-refractivity contribution in [2.45, 2.75) is 44.6 Å². The van der Waals surface area contributed by atoms with Crippen molar-refractivity contribution >= 4 is 21.7 Å². The summed E-state index contributed by atoms with van der Waals surface area (Å²) < 4.78 is 33.4. The van der Waals surface area contributed by atoms with Crippen molar-refractivity contribution < 1.29 is 17.7 Å². The normalized spacial score (nSPS) is 18.0. The molecule has 2 unspecified atom stereocenters. The van der Waals surface area contributed by atoms with E-state index in [1.54, 1.807) is 6.92 Å². The van der Waals surface area contributed by atoms with Gasteiger partial charge in [0.2, 0.25) is 0 Å². The van der Waals surface area contributed by atoms with Gasteiger partial charge in [-0.05, 0) is 73.7 Å². The Morgan fingerprint density at radius 1 is 1.26 bits per heavy atom. The number of ether oxygens (including phenoxy) is 1. The molecule has 3 rings (SSSR count). The number of likely N-dealkylation sites (N-methyl/N-ethyl adjacent to an activating group) is 1. The van der Waals surface area contributed by atoms with E-state index in [2.05, 4.69) is 29.6 Å². The van der Waals surface area contributed by atoms with Gasteiger partial charge >= 0.3 is 0 Å². The van der Waals surface area contributed by atoms with Gasteiger partial charge in [0, 0.05) is 23.5 Å². The first-order valence-corrected chi connectivity index (χ1v) is 12.6. The van der Waals surface area contributed by atoms with Crippen molar-refractivity contribution in [3.63, 3.8) is 0 Å². The molecule has 0 spiro atoms.